The number of fused-ring (bicyclic) bond motifs is 1. The molecule has 0 unspecified atom stereocenters. The van der Waals surface area contributed by atoms with Gasteiger partial charge in [-0.05, 0) is 18.4 Å². The first kappa shape index (κ1) is 16.2. The number of rotatable bonds is 9. The number of carbonyl (C=O) groups excluding carboxylic acids is 1. The maximum absolute atomic E-state index is 11.9. The lowest BCUT2D eigenvalue weighted by atomic mass is 9.92. The summed E-state index contributed by atoms with van der Waals surface area (Å²) in [5.41, 5.74) is 0.0705. The van der Waals surface area contributed by atoms with Crippen LogP contribution in [-0.2, 0) is 30.3 Å². The largest absolute Gasteiger partial charge is 0.456 e. The van der Waals surface area contributed by atoms with Crippen LogP contribution in [-0.4, -0.2) is 37.2 Å². The smallest absolute Gasteiger partial charge is 0.345 e. The third-order valence-corrected chi connectivity index (χ3v) is 4.15. The molecule has 3 atom stereocenters. The van der Waals surface area contributed by atoms with E-state index in [1.807, 2.05) is 36.4 Å². The van der Waals surface area contributed by atoms with E-state index in [0.717, 1.165) is 18.4 Å². The molecule has 2 aliphatic rings. The monoisotopic (exact) mass is 318 g/mol. The van der Waals surface area contributed by atoms with Gasteiger partial charge in [0.15, 0.2) is 6.29 Å². The first-order valence-electron chi connectivity index (χ1n) is 7.97. The second-order valence-corrected chi connectivity index (χ2v) is 5.85. The molecule has 1 aromatic rings. The zero-order valence-corrected chi connectivity index (χ0v) is 13.1. The number of ether oxygens (including phenoxy) is 4. The van der Waals surface area contributed by atoms with Crippen molar-refractivity contribution in [2.75, 3.05) is 13.2 Å². The Morgan fingerprint density at radius 3 is 2.91 bits per heavy atom. The molecule has 0 radical (unpaired) electrons. The number of hydrogen-bond acceptors (Lipinski definition) is 5. The summed E-state index contributed by atoms with van der Waals surface area (Å²) >= 11 is 0. The van der Waals surface area contributed by atoms with Gasteiger partial charge in [0, 0.05) is 6.42 Å². The van der Waals surface area contributed by atoms with Crippen LogP contribution in [0, 0.1) is 0 Å². The number of hydrogen-bond donors (Lipinski definition) is 0. The van der Waals surface area contributed by atoms with Crippen molar-refractivity contribution in [3.8, 4) is 0 Å². The Balaban J connectivity index is 1.48. The van der Waals surface area contributed by atoms with E-state index in [-0.39, 0.29) is 18.7 Å². The summed E-state index contributed by atoms with van der Waals surface area (Å²) in [5.74, 6) is -0.354. The normalized spacial score (nSPS) is 28.8. The van der Waals surface area contributed by atoms with Gasteiger partial charge in [0.1, 0.15) is 6.10 Å². The molecule has 5 heteroatoms. The van der Waals surface area contributed by atoms with E-state index >= 15 is 0 Å². The van der Waals surface area contributed by atoms with Gasteiger partial charge in [-0.3, -0.25) is 0 Å². The van der Waals surface area contributed by atoms with E-state index in [4.69, 9.17) is 18.9 Å². The van der Waals surface area contributed by atoms with Crippen LogP contribution >= 0.6 is 0 Å². The molecular formula is C18H22O5. The van der Waals surface area contributed by atoms with Crippen LogP contribution in [0.15, 0.2) is 43.0 Å². The second-order valence-electron chi connectivity index (χ2n) is 5.85. The average molecular weight is 318 g/mol. The molecule has 2 saturated heterocycles. The minimum absolute atomic E-state index is 0.192. The maximum atomic E-state index is 11.9. The fourth-order valence-electron chi connectivity index (χ4n) is 2.84. The Bertz CT molecular complexity index is 544. The Labute approximate surface area is 136 Å². The third-order valence-electron chi connectivity index (χ3n) is 4.15. The van der Waals surface area contributed by atoms with Crippen molar-refractivity contribution in [2.24, 2.45) is 0 Å². The fraction of sp³-hybridized carbons (Fsp3) is 0.500. The van der Waals surface area contributed by atoms with Gasteiger partial charge in [-0.15, -0.1) is 6.58 Å². The molecule has 0 N–H and O–H groups in total. The summed E-state index contributed by atoms with van der Waals surface area (Å²) in [7, 11) is 0. The Morgan fingerprint density at radius 2 is 2.17 bits per heavy atom. The van der Waals surface area contributed by atoms with Gasteiger partial charge in [0.25, 0.3) is 0 Å². The van der Waals surface area contributed by atoms with Crippen molar-refractivity contribution in [2.45, 2.75) is 43.9 Å². The summed E-state index contributed by atoms with van der Waals surface area (Å²) < 4.78 is 22.4. The molecule has 0 aliphatic carbocycles. The zero-order valence-electron chi connectivity index (χ0n) is 13.1. The van der Waals surface area contributed by atoms with Crippen LogP contribution in [0.3, 0.4) is 0 Å². The first-order valence-corrected chi connectivity index (χ1v) is 7.97. The summed E-state index contributed by atoms with van der Waals surface area (Å²) in [4.78, 5) is 11.9. The Hall–Kier alpha value is -1.69. The van der Waals surface area contributed by atoms with E-state index in [2.05, 4.69) is 6.58 Å². The van der Waals surface area contributed by atoms with Crippen molar-refractivity contribution in [3.05, 3.63) is 48.6 Å². The minimum atomic E-state index is -0.988. The van der Waals surface area contributed by atoms with Gasteiger partial charge < -0.3 is 18.9 Å². The molecule has 0 bridgehead atoms. The highest BCUT2D eigenvalue weighted by atomic mass is 16.7. The number of benzene rings is 1. The standard InChI is InChI=1S/C18H22O5/c1-2-3-7-10-21-16-11-15-18(23-16,17(19)22-15)13-20-12-14-8-5-4-6-9-14/h2,4-6,8-9,15-16H,1,3,7,10-13H2/t15-,16-,18+/m0/s1. The Kier molecular flexibility index (Phi) is 5.10. The van der Waals surface area contributed by atoms with Gasteiger partial charge in [0.05, 0.1) is 19.8 Å². The average Bonchev–Trinajstić information content (AvgIpc) is 2.85. The van der Waals surface area contributed by atoms with Crippen molar-refractivity contribution < 1.29 is 23.7 Å². The van der Waals surface area contributed by atoms with E-state index in [0.29, 0.717) is 19.6 Å². The maximum Gasteiger partial charge on any atom is 0.345 e. The van der Waals surface area contributed by atoms with Crippen LogP contribution in [0.25, 0.3) is 0 Å². The highest BCUT2D eigenvalue weighted by molar-refractivity contribution is 5.87. The fourth-order valence-corrected chi connectivity index (χ4v) is 2.84. The summed E-state index contributed by atoms with van der Waals surface area (Å²) in [6.07, 6.45) is 3.53. The van der Waals surface area contributed by atoms with Crippen molar-refractivity contribution in [1.82, 2.24) is 0 Å². The molecule has 3 rings (SSSR count). The molecular weight excluding hydrogens is 296 g/mol. The van der Waals surface area contributed by atoms with Crippen LogP contribution in [0.2, 0.25) is 0 Å². The summed E-state index contributed by atoms with van der Waals surface area (Å²) in [6.45, 7) is 4.89. The highest BCUT2D eigenvalue weighted by Crippen LogP contribution is 2.42. The van der Waals surface area contributed by atoms with Gasteiger partial charge in [0.2, 0.25) is 5.60 Å². The van der Waals surface area contributed by atoms with Crippen molar-refractivity contribution >= 4 is 5.97 Å². The minimum Gasteiger partial charge on any atom is -0.456 e. The highest BCUT2D eigenvalue weighted by Gasteiger charge is 2.66. The van der Waals surface area contributed by atoms with Gasteiger partial charge >= 0.3 is 5.97 Å². The molecule has 0 saturated carbocycles. The number of allylic oxidation sites excluding steroid dienone is 1. The molecule has 2 aliphatic heterocycles. The van der Waals surface area contributed by atoms with Crippen LogP contribution < -0.4 is 0 Å². The molecule has 0 spiro atoms. The predicted molar refractivity (Wildman–Crippen MR) is 83.6 cm³/mol. The van der Waals surface area contributed by atoms with E-state index in [1.54, 1.807) is 0 Å². The lowest BCUT2D eigenvalue weighted by Crippen LogP contribution is -2.63. The molecule has 2 fully saturated rings. The van der Waals surface area contributed by atoms with Gasteiger partial charge in [-0.1, -0.05) is 36.4 Å². The first-order chi connectivity index (χ1) is 11.2. The van der Waals surface area contributed by atoms with E-state index in [1.165, 1.54) is 0 Å². The molecule has 0 aromatic heterocycles. The number of carbonyl (C=O) groups is 1. The van der Waals surface area contributed by atoms with Crippen molar-refractivity contribution in [1.29, 1.82) is 0 Å². The van der Waals surface area contributed by atoms with Gasteiger partial charge in [-0.2, -0.15) is 0 Å². The van der Waals surface area contributed by atoms with Crippen LogP contribution in [0.5, 0.6) is 0 Å². The number of esters is 1. The lowest BCUT2D eigenvalue weighted by molar-refractivity contribution is -0.250. The second kappa shape index (κ2) is 7.25. The van der Waals surface area contributed by atoms with Crippen molar-refractivity contribution in [3.63, 3.8) is 0 Å². The third kappa shape index (κ3) is 3.47. The topological polar surface area (TPSA) is 54.0 Å². The van der Waals surface area contributed by atoms with Crippen LogP contribution in [0.4, 0.5) is 0 Å². The molecule has 2 heterocycles. The Morgan fingerprint density at radius 1 is 1.35 bits per heavy atom. The molecule has 0 amide bonds. The van der Waals surface area contributed by atoms with E-state index < -0.39 is 11.9 Å². The SMILES string of the molecule is C=CCCCO[C@@H]1C[C@@H]2OC(=O)[C@]2(COCc2ccccc2)O1. The predicted octanol–water partition coefficient (Wildman–Crippen LogP) is 2.60. The summed E-state index contributed by atoms with van der Waals surface area (Å²) in [5, 5.41) is 0. The van der Waals surface area contributed by atoms with Crippen LogP contribution in [0.1, 0.15) is 24.8 Å². The molecule has 1 aromatic carbocycles. The molecule has 124 valence electrons. The van der Waals surface area contributed by atoms with Gasteiger partial charge in [-0.25, -0.2) is 4.79 Å². The quantitative estimate of drug-likeness (QED) is 0.398. The lowest BCUT2D eigenvalue weighted by Gasteiger charge is -2.39. The number of unbranched alkanes of at least 4 members (excludes halogenated alkanes) is 1. The zero-order chi connectivity index (χ0) is 16.1. The van der Waals surface area contributed by atoms with E-state index in [9.17, 15) is 4.79 Å². The summed E-state index contributed by atoms with van der Waals surface area (Å²) in [6, 6.07) is 9.83. The molecule has 23 heavy (non-hydrogen) atoms. The molecule has 5 nitrogen and oxygen atoms in total.